The minimum absolute atomic E-state index is 0.543. The van der Waals surface area contributed by atoms with Gasteiger partial charge in [0.2, 0.25) is 0 Å². The van der Waals surface area contributed by atoms with Crippen molar-refractivity contribution in [1.82, 2.24) is 10.2 Å². The molecule has 2 aliphatic carbocycles. The van der Waals surface area contributed by atoms with Crippen molar-refractivity contribution in [3.05, 3.63) is 71.3 Å². The lowest BCUT2D eigenvalue weighted by Gasteiger charge is -2.19. The average molecular weight is 305 g/mol. The molecule has 3 heteroatoms. The van der Waals surface area contributed by atoms with Crippen LogP contribution >= 0.6 is 0 Å². The predicted molar refractivity (Wildman–Crippen MR) is 94.6 cm³/mol. The maximum atomic E-state index is 4.79. The van der Waals surface area contributed by atoms with Crippen LogP contribution in [0.1, 0.15) is 22.6 Å². The van der Waals surface area contributed by atoms with E-state index in [0.717, 1.165) is 18.4 Å². The summed E-state index contributed by atoms with van der Waals surface area (Å²) in [5.41, 5.74) is 4.32. The molecule has 0 amide bonds. The van der Waals surface area contributed by atoms with E-state index >= 15 is 0 Å². The molecule has 1 N–H and O–H groups in total. The Morgan fingerprint density at radius 1 is 1.09 bits per heavy atom. The molecule has 0 aliphatic heterocycles. The van der Waals surface area contributed by atoms with Crippen LogP contribution < -0.4 is 5.32 Å². The molecule has 3 nitrogen and oxygen atoms in total. The van der Waals surface area contributed by atoms with Crippen LogP contribution in [0.4, 0.5) is 0 Å². The number of nitrogens with one attached hydrogen (secondary N) is 1. The van der Waals surface area contributed by atoms with Crippen molar-refractivity contribution < 1.29 is 0 Å². The van der Waals surface area contributed by atoms with Gasteiger partial charge in [-0.05, 0) is 29.0 Å². The van der Waals surface area contributed by atoms with Crippen LogP contribution in [0.3, 0.4) is 0 Å². The minimum Gasteiger partial charge on any atom is -0.353 e. The quantitative estimate of drug-likeness (QED) is 0.697. The molecule has 0 saturated heterocycles. The molecule has 4 rings (SSSR count). The second kappa shape index (κ2) is 5.73. The standard InChI is InChI=1S/C20H23N3/c1-23(2)20(21-13-14-8-4-3-5-9-14)22-19-17-12-15-10-6-7-11-16(15)18(17)19/h3-11,17-19H,12-13H2,1-2H3,(H,21,22). The molecule has 0 bridgehead atoms. The first-order valence-corrected chi connectivity index (χ1v) is 8.34. The monoisotopic (exact) mass is 305 g/mol. The summed E-state index contributed by atoms with van der Waals surface area (Å²) in [6.45, 7) is 0.722. The summed E-state index contributed by atoms with van der Waals surface area (Å²) in [5.74, 6) is 2.41. The Balaban J connectivity index is 1.45. The SMILES string of the molecule is CN(C)C(=NCc1ccccc1)NC1C2Cc3ccccc3C21. The fourth-order valence-corrected chi connectivity index (χ4v) is 3.76. The molecule has 0 spiro atoms. The summed E-state index contributed by atoms with van der Waals surface area (Å²) >= 11 is 0. The molecule has 0 heterocycles. The summed E-state index contributed by atoms with van der Waals surface area (Å²) in [7, 11) is 4.12. The van der Waals surface area contributed by atoms with E-state index in [9.17, 15) is 0 Å². The lowest BCUT2D eigenvalue weighted by atomic mass is 10.1. The van der Waals surface area contributed by atoms with Gasteiger partial charge in [0.05, 0.1) is 6.54 Å². The lowest BCUT2D eigenvalue weighted by Crippen LogP contribution is -2.39. The van der Waals surface area contributed by atoms with Gasteiger partial charge in [-0.1, -0.05) is 54.6 Å². The molecule has 0 radical (unpaired) electrons. The third-order valence-electron chi connectivity index (χ3n) is 5.01. The second-order valence-corrected chi connectivity index (χ2v) is 6.78. The predicted octanol–water partition coefficient (Wildman–Crippen LogP) is 3.03. The van der Waals surface area contributed by atoms with Gasteiger partial charge in [-0.2, -0.15) is 0 Å². The Morgan fingerprint density at radius 3 is 2.61 bits per heavy atom. The van der Waals surface area contributed by atoms with E-state index in [-0.39, 0.29) is 0 Å². The number of rotatable bonds is 3. The van der Waals surface area contributed by atoms with E-state index in [2.05, 4.69) is 72.8 Å². The second-order valence-electron chi connectivity index (χ2n) is 6.78. The number of benzene rings is 2. The first kappa shape index (κ1) is 14.3. The Hall–Kier alpha value is -2.29. The lowest BCUT2D eigenvalue weighted by molar-refractivity contribution is 0.568. The molecule has 0 aromatic heterocycles. The third-order valence-corrected chi connectivity index (χ3v) is 5.01. The number of hydrogen-bond donors (Lipinski definition) is 1. The largest absolute Gasteiger partial charge is 0.353 e. The molecule has 1 saturated carbocycles. The van der Waals surface area contributed by atoms with Crippen LogP contribution in [-0.4, -0.2) is 31.0 Å². The highest BCUT2D eigenvalue weighted by Crippen LogP contribution is 2.56. The van der Waals surface area contributed by atoms with Gasteiger partial charge in [-0.3, -0.25) is 0 Å². The van der Waals surface area contributed by atoms with Crippen molar-refractivity contribution >= 4 is 5.96 Å². The normalized spacial score (nSPS) is 24.8. The zero-order chi connectivity index (χ0) is 15.8. The highest BCUT2D eigenvalue weighted by Gasteiger charge is 2.56. The van der Waals surface area contributed by atoms with Gasteiger partial charge >= 0.3 is 0 Å². The fourth-order valence-electron chi connectivity index (χ4n) is 3.76. The number of aliphatic imine (C=N–C) groups is 1. The first-order chi connectivity index (χ1) is 11.2. The van der Waals surface area contributed by atoms with Crippen molar-refractivity contribution in [3.8, 4) is 0 Å². The van der Waals surface area contributed by atoms with Crippen molar-refractivity contribution in [2.45, 2.75) is 24.9 Å². The molecule has 2 aliphatic rings. The average Bonchev–Trinajstić information content (AvgIpc) is 3.09. The maximum Gasteiger partial charge on any atom is 0.193 e. The molecular formula is C20H23N3. The van der Waals surface area contributed by atoms with E-state index in [4.69, 9.17) is 4.99 Å². The van der Waals surface area contributed by atoms with Crippen LogP contribution in [0.5, 0.6) is 0 Å². The van der Waals surface area contributed by atoms with Crippen LogP contribution in [0, 0.1) is 5.92 Å². The van der Waals surface area contributed by atoms with Crippen molar-refractivity contribution in [3.63, 3.8) is 0 Å². The Morgan fingerprint density at radius 2 is 1.83 bits per heavy atom. The molecule has 2 aromatic rings. The summed E-state index contributed by atoms with van der Waals surface area (Å²) < 4.78 is 0. The first-order valence-electron chi connectivity index (χ1n) is 8.34. The summed E-state index contributed by atoms with van der Waals surface area (Å²) in [4.78, 5) is 6.87. The van der Waals surface area contributed by atoms with Crippen LogP contribution in [0.2, 0.25) is 0 Å². The summed E-state index contributed by atoms with van der Waals surface area (Å²) in [6.07, 6.45) is 1.21. The number of hydrogen-bond acceptors (Lipinski definition) is 1. The number of guanidine groups is 1. The topological polar surface area (TPSA) is 27.6 Å². The smallest absolute Gasteiger partial charge is 0.193 e. The van der Waals surface area contributed by atoms with E-state index in [1.807, 2.05) is 6.07 Å². The van der Waals surface area contributed by atoms with E-state index < -0.39 is 0 Å². The van der Waals surface area contributed by atoms with Gasteiger partial charge < -0.3 is 10.2 Å². The van der Waals surface area contributed by atoms with Crippen LogP contribution in [0.25, 0.3) is 0 Å². The Kier molecular flexibility index (Phi) is 3.56. The van der Waals surface area contributed by atoms with E-state index in [1.165, 1.54) is 23.1 Å². The van der Waals surface area contributed by atoms with Gasteiger partial charge in [0.25, 0.3) is 0 Å². The van der Waals surface area contributed by atoms with Gasteiger partial charge in [-0.25, -0.2) is 4.99 Å². The fraction of sp³-hybridized carbons (Fsp3) is 0.350. The maximum absolute atomic E-state index is 4.79. The third kappa shape index (κ3) is 2.72. The molecule has 1 fully saturated rings. The molecule has 3 unspecified atom stereocenters. The summed E-state index contributed by atoms with van der Waals surface area (Å²) in [5, 5.41) is 3.68. The van der Waals surface area contributed by atoms with Crippen molar-refractivity contribution in [2.24, 2.45) is 10.9 Å². The van der Waals surface area contributed by atoms with Gasteiger partial charge in [0, 0.05) is 26.1 Å². The molecule has 2 aromatic carbocycles. The van der Waals surface area contributed by atoms with Crippen molar-refractivity contribution in [2.75, 3.05) is 14.1 Å². The minimum atomic E-state index is 0.543. The van der Waals surface area contributed by atoms with Crippen LogP contribution in [0.15, 0.2) is 59.6 Å². The number of nitrogens with zero attached hydrogens (tertiary/aromatic N) is 2. The van der Waals surface area contributed by atoms with E-state index in [1.54, 1.807) is 0 Å². The van der Waals surface area contributed by atoms with E-state index in [0.29, 0.717) is 12.0 Å². The molecule has 3 atom stereocenters. The molecule has 118 valence electrons. The zero-order valence-corrected chi connectivity index (χ0v) is 13.7. The highest BCUT2D eigenvalue weighted by atomic mass is 15.3. The van der Waals surface area contributed by atoms with Gasteiger partial charge in [-0.15, -0.1) is 0 Å². The zero-order valence-electron chi connectivity index (χ0n) is 13.7. The van der Waals surface area contributed by atoms with Gasteiger partial charge in [0.15, 0.2) is 5.96 Å². The number of fused-ring (bicyclic) bond motifs is 3. The van der Waals surface area contributed by atoms with Crippen LogP contribution in [-0.2, 0) is 13.0 Å². The molecular weight excluding hydrogens is 282 g/mol. The Bertz CT molecular complexity index is 721. The van der Waals surface area contributed by atoms with Gasteiger partial charge in [0.1, 0.15) is 0 Å². The Labute approximate surface area is 138 Å². The summed E-state index contributed by atoms with van der Waals surface area (Å²) in [6, 6.07) is 19.8. The molecule has 23 heavy (non-hydrogen) atoms. The van der Waals surface area contributed by atoms with Crippen molar-refractivity contribution in [1.29, 1.82) is 0 Å². The highest BCUT2D eigenvalue weighted by molar-refractivity contribution is 5.80.